The zero-order chi connectivity index (χ0) is 14.7. The lowest BCUT2D eigenvalue weighted by molar-refractivity contribution is 0.409. The van der Waals surface area contributed by atoms with Crippen LogP contribution in [0.25, 0.3) is 0 Å². The van der Waals surface area contributed by atoms with E-state index < -0.39 is 5.82 Å². The Balaban J connectivity index is 2.40. The lowest BCUT2D eigenvalue weighted by atomic mass is 10.2. The molecule has 0 aliphatic carbocycles. The number of nitrogen functional groups attached to an aromatic ring is 1. The normalized spacial score (nSPS) is 9.90. The van der Waals surface area contributed by atoms with Crippen molar-refractivity contribution in [2.24, 2.45) is 0 Å². The number of benzene rings is 2. The third-order valence-electron chi connectivity index (χ3n) is 2.53. The first kappa shape index (κ1) is 14.2. The molecule has 0 saturated carbocycles. The average molecular weight is 337 g/mol. The quantitative estimate of drug-likeness (QED) is 0.864. The lowest BCUT2D eigenvalue weighted by Crippen LogP contribution is -1.95. The van der Waals surface area contributed by atoms with Crippen LogP contribution < -0.4 is 15.2 Å². The number of ether oxygens (including phenoxy) is 2. The molecule has 0 fully saturated rings. The molecule has 0 amide bonds. The zero-order valence-electron chi connectivity index (χ0n) is 10.5. The van der Waals surface area contributed by atoms with Gasteiger partial charge >= 0.3 is 0 Å². The van der Waals surface area contributed by atoms with E-state index in [2.05, 4.69) is 15.9 Å². The van der Waals surface area contributed by atoms with Crippen molar-refractivity contribution in [3.05, 3.63) is 46.2 Å². The molecule has 0 atom stereocenters. The highest BCUT2D eigenvalue weighted by atomic mass is 79.9. The van der Waals surface area contributed by atoms with Gasteiger partial charge in [-0.1, -0.05) is 0 Å². The Kier molecular flexibility index (Phi) is 4.11. The van der Waals surface area contributed by atoms with Crippen LogP contribution in [-0.2, 0) is 0 Å². The molecular weight excluding hydrogens is 327 g/mol. The van der Waals surface area contributed by atoms with Gasteiger partial charge in [0, 0.05) is 18.2 Å². The first-order chi connectivity index (χ1) is 9.53. The molecule has 2 aromatic rings. The Morgan fingerprint density at radius 3 is 2.55 bits per heavy atom. The maximum absolute atomic E-state index is 13.3. The molecule has 0 spiro atoms. The second-order valence-corrected chi connectivity index (χ2v) is 4.77. The third kappa shape index (κ3) is 3.00. The topological polar surface area (TPSA) is 68.3 Å². The van der Waals surface area contributed by atoms with Crippen molar-refractivity contribution in [2.75, 3.05) is 12.8 Å². The summed E-state index contributed by atoms with van der Waals surface area (Å²) in [6, 6.07) is 9.32. The minimum atomic E-state index is -0.474. The van der Waals surface area contributed by atoms with E-state index in [9.17, 15) is 4.39 Å². The molecule has 0 unspecified atom stereocenters. The largest absolute Gasteiger partial charge is 0.497 e. The van der Waals surface area contributed by atoms with Gasteiger partial charge in [0.15, 0.2) is 5.75 Å². The Morgan fingerprint density at radius 1 is 1.20 bits per heavy atom. The van der Waals surface area contributed by atoms with Crippen molar-refractivity contribution in [1.82, 2.24) is 0 Å². The van der Waals surface area contributed by atoms with Crippen LogP contribution in [0.15, 0.2) is 34.8 Å². The number of anilines is 1. The second kappa shape index (κ2) is 5.80. The number of methoxy groups -OCH3 is 1. The van der Waals surface area contributed by atoms with Gasteiger partial charge in [0.2, 0.25) is 0 Å². The SMILES string of the molecule is COc1cc(C#N)cc(Oc2cc(Br)c(F)cc2N)c1. The Morgan fingerprint density at radius 2 is 1.90 bits per heavy atom. The summed E-state index contributed by atoms with van der Waals surface area (Å²) in [7, 11) is 1.49. The van der Waals surface area contributed by atoms with E-state index in [4.69, 9.17) is 20.5 Å². The first-order valence-corrected chi connectivity index (χ1v) is 6.34. The summed E-state index contributed by atoms with van der Waals surface area (Å²) < 4.78 is 24.2. The lowest BCUT2D eigenvalue weighted by Gasteiger charge is -2.11. The van der Waals surface area contributed by atoms with E-state index >= 15 is 0 Å². The van der Waals surface area contributed by atoms with Gasteiger partial charge in [0.05, 0.1) is 28.9 Å². The van der Waals surface area contributed by atoms with E-state index in [-0.39, 0.29) is 15.9 Å². The summed E-state index contributed by atoms with van der Waals surface area (Å²) >= 11 is 3.06. The summed E-state index contributed by atoms with van der Waals surface area (Å²) in [6.45, 7) is 0. The van der Waals surface area contributed by atoms with E-state index in [1.165, 1.54) is 13.2 Å². The van der Waals surface area contributed by atoms with E-state index in [1.54, 1.807) is 18.2 Å². The molecule has 0 aromatic heterocycles. The molecule has 0 aliphatic rings. The minimum absolute atomic E-state index is 0.159. The molecule has 2 rings (SSSR count). The van der Waals surface area contributed by atoms with Gasteiger partial charge in [-0.05, 0) is 28.1 Å². The summed E-state index contributed by atoms with van der Waals surface area (Å²) in [5.74, 6) is 0.679. The smallest absolute Gasteiger partial charge is 0.151 e. The molecule has 2 aromatic carbocycles. The van der Waals surface area contributed by atoms with Crippen LogP contribution >= 0.6 is 15.9 Å². The van der Waals surface area contributed by atoms with E-state index in [1.807, 2.05) is 6.07 Å². The van der Waals surface area contributed by atoms with Gasteiger partial charge in [-0.2, -0.15) is 5.26 Å². The molecule has 0 radical (unpaired) electrons. The fourth-order valence-electron chi connectivity index (χ4n) is 1.57. The van der Waals surface area contributed by atoms with Crippen LogP contribution in [0, 0.1) is 17.1 Å². The third-order valence-corrected chi connectivity index (χ3v) is 3.13. The second-order valence-electron chi connectivity index (χ2n) is 3.92. The van der Waals surface area contributed by atoms with Gasteiger partial charge in [-0.15, -0.1) is 0 Å². The number of nitrogens with two attached hydrogens (primary N) is 1. The maximum Gasteiger partial charge on any atom is 0.151 e. The predicted molar refractivity (Wildman–Crippen MR) is 76.3 cm³/mol. The Labute approximate surface area is 123 Å². The van der Waals surface area contributed by atoms with Crippen molar-refractivity contribution < 1.29 is 13.9 Å². The standard InChI is InChI=1S/C14H10BrFN2O2/c1-19-9-2-8(7-17)3-10(4-9)20-14-5-11(15)12(16)6-13(14)18/h2-6H,18H2,1H3. The minimum Gasteiger partial charge on any atom is -0.497 e. The van der Waals surface area contributed by atoms with Crippen LogP contribution in [0.2, 0.25) is 0 Å². The summed E-state index contributed by atoms with van der Waals surface area (Å²) in [5.41, 5.74) is 6.24. The summed E-state index contributed by atoms with van der Waals surface area (Å²) in [4.78, 5) is 0. The molecule has 6 heteroatoms. The molecule has 0 aliphatic heterocycles. The highest BCUT2D eigenvalue weighted by molar-refractivity contribution is 9.10. The highest BCUT2D eigenvalue weighted by Gasteiger charge is 2.09. The number of hydrogen-bond donors (Lipinski definition) is 1. The van der Waals surface area contributed by atoms with E-state index in [0.29, 0.717) is 17.1 Å². The van der Waals surface area contributed by atoms with Gasteiger partial charge in [0.1, 0.15) is 17.3 Å². The number of rotatable bonds is 3. The highest BCUT2D eigenvalue weighted by Crippen LogP contribution is 2.34. The zero-order valence-corrected chi connectivity index (χ0v) is 12.1. The monoisotopic (exact) mass is 336 g/mol. The number of halogens is 2. The van der Waals surface area contributed by atoms with Crippen molar-refractivity contribution in [2.45, 2.75) is 0 Å². The van der Waals surface area contributed by atoms with Crippen LogP contribution in [0.4, 0.5) is 10.1 Å². The van der Waals surface area contributed by atoms with Crippen LogP contribution in [-0.4, -0.2) is 7.11 Å². The summed E-state index contributed by atoms with van der Waals surface area (Å²) in [6.07, 6.45) is 0. The molecule has 0 saturated heterocycles. The number of nitriles is 1. The van der Waals surface area contributed by atoms with Crippen LogP contribution in [0.3, 0.4) is 0 Å². The van der Waals surface area contributed by atoms with Crippen LogP contribution in [0.5, 0.6) is 17.2 Å². The maximum atomic E-state index is 13.3. The van der Waals surface area contributed by atoms with Gasteiger partial charge in [-0.3, -0.25) is 0 Å². The molecular formula is C14H10BrFN2O2. The fourth-order valence-corrected chi connectivity index (χ4v) is 1.89. The first-order valence-electron chi connectivity index (χ1n) is 5.55. The molecule has 0 heterocycles. The predicted octanol–water partition coefficient (Wildman–Crippen LogP) is 3.84. The molecule has 0 bridgehead atoms. The fraction of sp³-hybridized carbons (Fsp3) is 0.0714. The average Bonchev–Trinajstić information content (AvgIpc) is 2.44. The molecule has 4 nitrogen and oxygen atoms in total. The van der Waals surface area contributed by atoms with Crippen molar-refractivity contribution in [1.29, 1.82) is 5.26 Å². The Bertz CT molecular complexity index is 698. The number of hydrogen-bond acceptors (Lipinski definition) is 4. The molecule has 20 heavy (non-hydrogen) atoms. The molecule has 102 valence electrons. The van der Waals surface area contributed by atoms with Crippen molar-refractivity contribution >= 4 is 21.6 Å². The van der Waals surface area contributed by atoms with Crippen molar-refractivity contribution in [3.8, 4) is 23.3 Å². The number of nitrogens with zero attached hydrogens (tertiary/aromatic N) is 1. The summed E-state index contributed by atoms with van der Waals surface area (Å²) in [5, 5.41) is 8.94. The van der Waals surface area contributed by atoms with Gasteiger partial charge in [0.25, 0.3) is 0 Å². The van der Waals surface area contributed by atoms with Crippen molar-refractivity contribution in [3.63, 3.8) is 0 Å². The van der Waals surface area contributed by atoms with E-state index in [0.717, 1.165) is 6.07 Å². The van der Waals surface area contributed by atoms with Crippen LogP contribution in [0.1, 0.15) is 5.56 Å². The van der Waals surface area contributed by atoms with Gasteiger partial charge in [-0.25, -0.2) is 4.39 Å². The molecule has 2 N–H and O–H groups in total. The van der Waals surface area contributed by atoms with Gasteiger partial charge < -0.3 is 15.2 Å². The Hall–Kier alpha value is -2.26.